The monoisotopic (exact) mass is 211 g/mol. The predicted molar refractivity (Wildman–Crippen MR) is 56.3 cm³/mol. The van der Waals surface area contributed by atoms with Crippen LogP contribution in [-0.4, -0.2) is 23.0 Å². The average molecular weight is 211 g/mol. The molecule has 3 atom stereocenters. The molecule has 0 aromatic rings. The highest BCUT2D eigenvalue weighted by molar-refractivity contribution is 5.85. The minimum atomic E-state index is -0.862. The van der Waals surface area contributed by atoms with Gasteiger partial charge in [-0.1, -0.05) is 12.5 Å². The molecule has 0 saturated heterocycles. The topological polar surface area (TPSA) is 66.4 Å². The van der Waals surface area contributed by atoms with Crippen molar-refractivity contribution in [3.8, 4) is 0 Å². The lowest BCUT2D eigenvalue weighted by Gasteiger charge is -2.17. The van der Waals surface area contributed by atoms with E-state index >= 15 is 0 Å². The lowest BCUT2D eigenvalue weighted by molar-refractivity contribution is -0.146. The van der Waals surface area contributed by atoms with Gasteiger partial charge in [0.25, 0.3) is 0 Å². The highest BCUT2D eigenvalue weighted by Crippen LogP contribution is 2.32. The van der Waals surface area contributed by atoms with Crippen LogP contribution in [0.4, 0.5) is 0 Å². The van der Waals surface area contributed by atoms with Gasteiger partial charge in [0.15, 0.2) is 0 Å². The van der Waals surface area contributed by atoms with Crippen LogP contribution in [0.5, 0.6) is 0 Å². The molecule has 1 saturated carbocycles. The molecule has 0 radical (unpaired) electrons. The van der Waals surface area contributed by atoms with Gasteiger partial charge in [-0.05, 0) is 19.8 Å². The summed E-state index contributed by atoms with van der Waals surface area (Å²) >= 11 is 0. The number of rotatable bonds is 4. The molecule has 0 aromatic carbocycles. The van der Waals surface area contributed by atoms with Gasteiger partial charge in [0.1, 0.15) is 0 Å². The number of hydrogen-bond acceptors (Lipinski definition) is 2. The van der Waals surface area contributed by atoms with Crippen molar-refractivity contribution < 1.29 is 14.7 Å². The molecule has 0 heterocycles. The van der Waals surface area contributed by atoms with E-state index in [0.29, 0.717) is 12.8 Å². The fourth-order valence-electron chi connectivity index (χ4n) is 1.96. The Hall–Kier alpha value is -1.32. The first kappa shape index (κ1) is 11.8. The first-order valence-electron chi connectivity index (χ1n) is 5.22. The van der Waals surface area contributed by atoms with Crippen LogP contribution in [0.1, 0.15) is 26.2 Å². The van der Waals surface area contributed by atoms with Crippen LogP contribution in [-0.2, 0) is 9.59 Å². The zero-order valence-electron chi connectivity index (χ0n) is 8.90. The molecule has 1 amide bonds. The SMILES string of the molecule is C=CC(C)NC(=O)C1CCCC1C(=O)O. The number of carboxylic acid groups (broad SMARTS) is 1. The fourth-order valence-corrected chi connectivity index (χ4v) is 1.96. The van der Waals surface area contributed by atoms with Crippen LogP contribution in [0.3, 0.4) is 0 Å². The average Bonchev–Trinajstić information content (AvgIpc) is 2.65. The Labute approximate surface area is 89.4 Å². The zero-order valence-corrected chi connectivity index (χ0v) is 8.90. The van der Waals surface area contributed by atoms with Gasteiger partial charge in [-0.2, -0.15) is 0 Å². The molecule has 0 aromatic heterocycles. The molecule has 0 aliphatic heterocycles. The third kappa shape index (κ3) is 2.81. The Morgan fingerprint density at radius 2 is 2.07 bits per heavy atom. The molecular formula is C11H17NO3. The van der Waals surface area contributed by atoms with E-state index in [1.807, 2.05) is 6.92 Å². The van der Waals surface area contributed by atoms with Crippen molar-refractivity contribution in [3.05, 3.63) is 12.7 Å². The third-order valence-corrected chi connectivity index (χ3v) is 2.89. The van der Waals surface area contributed by atoms with Gasteiger partial charge in [-0.15, -0.1) is 6.58 Å². The standard InChI is InChI=1S/C11H17NO3/c1-3-7(2)12-10(13)8-5-4-6-9(8)11(14)15/h3,7-9H,1,4-6H2,2H3,(H,12,13)(H,14,15). The van der Waals surface area contributed by atoms with Gasteiger partial charge in [0.2, 0.25) is 5.91 Å². The van der Waals surface area contributed by atoms with Gasteiger partial charge in [0, 0.05) is 6.04 Å². The number of aliphatic carboxylic acids is 1. The molecule has 1 fully saturated rings. The molecule has 4 heteroatoms. The first-order valence-corrected chi connectivity index (χ1v) is 5.22. The van der Waals surface area contributed by atoms with E-state index < -0.39 is 11.9 Å². The van der Waals surface area contributed by atoms with Crippen LogP contribution in [0.15, 0.2) is 12.7 Å². The van der Waals surface area contributed by atoms with Gasteiger partial charge in [0.05, 0.1) is 11.8 Å². The van der Waals surface area contributed by atoms with Crippen LogP contribution < -0.4 is 5.32 Å². The van der Waals surface area contributed by atoms with Crippen molar-refractivity contribution in [2.75, 3.05) is 0 Å². The Kier molecular flexibility index (Phi) is 3.88. The summed E-state index contributed by atoms with van der Waals surface area (Å²) in [5.74, 6) is -1.90. The Morgan fingerprint density at radius 1 is 1.47 bits per heavy atom. The van der Waals surface area contributed by atoms with Gasteiger partial charge < -0.3 is 10.4 Å². The number of carboxylic acids is 1. The molecule has 3 unspecified atom stereocenters. The highest BCUT2D eigenvalue weighted by atomic mass is 16.4. The van der Waals surface area contributed by atoms with Crippen LogP contribution in [0, 0.1) is 11.8 Å². The predicted octanol–water partition coefficient (Wildman–Crippen LogP) is 1.18. The van der Waals surface area contributed by atoms with Crippen molar-refractivity contribution in [2.45, 2.75) is 32.2 Å². The lowest BCUT2D eigenvalue weighted by Crippen LogP contribution is -2.39. The molecule has 0 spiro atoms. The maximum absolute atomic E-state index is 11.7. The maximum Gasteiger partial charge on any atom is 0.307 e. The fraction of sp³-hybridized carbons (Fsp3) is 0.636. The molecule has 2 N–H and O–H groups in total. The first-order chi connectivity index (χ1) is 7.06. The third-order valence-electron chi connectivity index (χ3n) is 2.89. The van der Waals surface area contributed by atoms with Gasteiger partial charge in [-0.3, -0.25) is 9.59 Å². The number of carbonyl (C=O) groups is 2. The Morgan fingerprint density at radius 3 is 2.60 bits per heavy atom. The number of amides is 1. The second-order valence-electron chi connectivity index (χ2n) is 4.02. The van der Waals surface area contributed by atoms with E-state index in [-0.39, 0.29) is 17.9 Å². The van der Waals surface area contributed by atoms with Crippen LogP contribution in [0.2, 0.25) is 0 Å². The van der Waals surface area contributed by atoms with E-state index in [1.54, 1.807) is 6.08 Å². The minimum absolute atomic E-state index is 0.104. The van der Waals surface area contributed by atoms with E-state index in [2.05, 4.69) is 11.9 Å². The van der Waals surface area contributed by atoms with Crippen molar-refractivity contribution in [2.24, 2.45) is 11.8 Å². The van der Waals surface area contributed by atoms with Crippen molar-refractivity contribution in [1.82, 2.24) is 5.32 Å². The van der Waals surface area contributed by atoms with E-state index in [1.165, 1.54) is 0 Å². The summed E-state index contributed by atoms with van der Waals surface area (Å²) in [7, 11) is 0. The number of hydrogen-bond donors (Lipinski definition) is 2. The van der Waals surface area contributed by atoms with Crippen molar-refractivity contribution in [3.63, 3.8) is 0 Å². The molecular weight excluding hydrogens is 194 g/mol. The molecule has 84 valence electrons. The highest BCUT2D eigenvalue weighted by Gasteiger charge is 2.37. The van der Waals surface area contributed by atoms with Gasteiger partial charge in [-0.25, -0.2) is 0 Å². The molecule has 1 rings (SSSR count). The summed E-state index contributed by atoms with van der Waals surface area (Å²) in [5, 5.41) is 11.7. The van der Waals surface area contributed by atoms with Crippen LogP contribution >= 0.6 is 0 Å². The van der Waals surface area contributed by atoms with Crippen molar-refractivity contribution in [1.29, 1.82) is 0 Å². The summed E-state index contributed by atoms with van der Waals surface area (Å²) in [6, 6.07) is -0.104. The molecule has 0 bridgehead atoms. The Bertz CT molecular complexity index is 275. The second-order valence-corrected chi connectivity index (χ2v) is 4.02. The molecule has 4 nitrogen and oxygen atoms in total. The number of nitrogens with one attached hydrogen (secondary N) is 1. The molecule has 1 aliphatic carbocycles. The smallest absolute Gasteiger partial charge is 0.307 e. The van der Waals surface area contributed by atoms with Crippen LogP contribution in [0.25, 0.3) is 0 Å². The normalized spacial score (nSPS) is 27.0. The Balaban J connectivity index is 2.58. The van der Waals surface area contributed by atoms with E-state index in [0.717, 1.165) is 6.42 Å². The number of carbonyl (C=O) groups excluding carboxylic acids is 1. The van der Waals surface area contributed by atoms with E-state index in [4.69, 9.17) is 5.11 Å². The molecule has 15 heavy (non-hydrogen) atoms. The molecule has 1 aliphatic rings. The quantitative estimate of drug-likeness (QED) is 0.686. The van der Waals surface area contributed by atoms with Crippen molar-refractivity contribution >= 4 is 11.9 Å². The summed E-state index contributed by atoms with van der Waals surface area (Å²) in [4.78, 5) is 22.6. The minimum Gasteiger partial charge on any atom is -0.481 e. The summed E-state index contributed by atoms with van der Waals surface area (Å²) in [5.41, 5.74) is 0. The summed E-state index contributed by atoms with van der Waals surface area (Å²) in [6.45, 7) is 5.38. The zero-order chi connectivity index (χ0) is 11.4. The summed E-state index contributed by atoms with van der Waals surface area (Å²) in [6.07, 6.45) is 3.72. The second kappa shape index (κ2) is 4.96. The summed E-state index contributed by atoms with van der Waals surface area (Å²) < 4.78 is 0. The van der Waals surface area contributed by atoms with Gasteiger partial charge >= 0.3 is 5.97 Å². The maximum atomic E-state index is 11.7. The van der Waals surface area contributed by atoms with E-state index in [9.17, 15) is 9.59 Å². The largest absolute Gasteiger partial charge is 0.481 e. The lowest BCUT2D eigenvalue weighted by atomic mass is 9.95.